The number of piperazine rings is 1. The summed E-state index contributed by atoms with van der Waals surface area (Å²) in [5.74, 6) is 0.196. The van der Waals surface area contributed by atoms with Gasteiger partial charge in [0.05, 0.1) is 29.5 Å². The molecule has 9 nitrogen and oxygen atoms in total. The van der Waals surface area contributed by atoms with E-state index in [1.807, 2.05) is 42.5 Å². The van der Waals surface area contributed by atoms with Gasteiger partial charge in [0.25, 0.3) is 0 Å². The quantitative estimate of drug-likeness (QED) is 0.317. The number of anilines is 1. The Morgan fingerprint density at radius 1 is 0.932 bits per heavy atom. The second-order valence-electron chi connectivity index (χ2n) is 10.6. The summed E-state index contributed by atoms with van der Waals surface area (Å²) in [7, 11) is 1.58. The molecule has 0 N–H and O–H groups in total. The van der Waals surface area contributed by atoms with Gasteiger partial charge in [0.2, 0.25) is 17.7 Å². The lowest BCUT2D eigenvalue weighted by atomic mass is 9.99. The normalized spacial score (nSPS) is 16.8. The molecule has 1 saturated heterocycles. The number of ether oxygens (including phenoxy) is 1. The molecule has 1 atom stereocenters. The molecule has 11 heteroatoms. The molecule has 6 rings (SSSR count). The first-order valence-electron chi connectivity index (χ1n) is 14.4. The van der Waals surface area contributed by atoms with Crippen molar-refractivity contribution in [2.75, 3.05) is 50.5 Å². The van der Waals surface area contributed by atoms with Gasteiger partial charge in [0, 0.05) is 49.8 Å². The van der Waals surface area contributed by atoms with Crippen LogP contribution in [0, 0.1) is 5.82 Å². The highest BCUT2D eigenvalue weighted by molar-refractivity contribution is 8.00. The van der Waals surface area contributed by atoms with Gasteiger partial charge < -0.3 is 14.5 Å². The summed E-state index contributed by atoms with van der Waals surface area (Å²) in [6, 6.07) is 23.4. The van der Waals surface area contributed by atoms with Crippen LogP contribution in [0.25, 0.3) is 16.9 Å². The molecule has 0 aliphatic carbocycles. The first-order chi connectivity index (χ1) is 21.4. The van der Waals surface area contributed by atoms with Crippen molar-refractivity contribution in [2.24, 2.45) is 0 Å². The molecule has 3 aromatic carbocycles. The number of carbonyl (C=O) groups excluding carboxylic acids is 3. The standard InChI is InChI=1S/C33H32FN5O4S/c1-22(40)36-16-18-37(19-17-36)28(41)20-38-29(42)21-44-32(26-10-6-7-11-27(26)34)30-31(23-8-4-3-5-9-23)35-39(33(30)38)24-12-14-25(43-2)15-13-24/h3-15,32H,16-21H2,1-2H3. The molecule has 1 unspecified atom stereocenters. The summed E-state index contributed by atoms with van der Waals surface area (Å²) < 4.78 is 22.5. The minimum atomic E-state index is -0.573. The topological polar surface area (TPSA) is 88.0 Å². The van der Waals surface area contributed by atoms with Crippen LogP contribution in [0.1, 0.15) is 23.3 Å². The lowest BCUT2D eigenvalue weighted by molar-refractivity contribution is -0.137. The Morgan fingerprint density at radius 3 is 2.25 bits per heavy atom. The second kappa shape index (κ2) is 12.5. The van der Waals surface area contributed by atoms with Gasteiger partial charge in [0.15, 0.2) is 0 Å². The van der Waals surface area contributed by atoms with E-state index in [4.69, 9.17) is 9.84 Å². The fourth-order valence-corrected chi connectivity index (χ4v) is 6.89. The highest BCUT2D eigenvalue weighted by atomic mass is 32.2. The third-order valence-electron chi connectivity index (χ3n) is 8.01. The number of nitrogens with zero attached hydrogens (tertiary/aromatic N) is 5. The molecule has 0 saturated carbocycles. The molecule has 3 amide bonds. The number of thioether (sulfide) groups is 1. The Hall–Kier alpha value is -4.64. The molecular formula is C33H32FN5O4S. The molecule has 0 radical (unpaired) electrons. The molecule has 0 spiro atoms. The van der Waals surface area contributed by atoms with E-state index in [-0.39, 0.29) is 35.8 Å². The number of amides is 3. The van der Waals surface area contributed by atoms with Gasteiger partial charge in [0.1, 0.15) is 23.9 Å². The Balaban J connectivity index is 1.52. The van der Waals surface area contributed by atoms with Crippen LogP contribution in [-0.2, 0) is 14.4 Å². The van der Waals surface area contributed by atoms with Gasteiger partial charge >= 0.3 is 0 Å². The SMILES string of the molecule is COc1ccc(-n2nc(-c3ccccc3)c3c2N(CC(=O)N2CCN(C(C)=O)CC2)C(=O)CSC3c2ccccc2F)cc1. The Labute approximate surface area is 259 Å². The van der Waals surface area contributed by atoms with Crippen molar-refractivity contribution in [1.29, 1.82) is 0 Å². The zero-order valence-electron chi connectivity index (χ0n) is 24.5. The first kappa shape index (κ1) is 29.4. The van der Waals surface area contributed by atoms with Crippen LogP contribution in [0.3, 0.4) is 0 Å². The number of methoxy groups -OCH3 is 1. The van der Waals surface area contributed by atoms with Crippen molar-refractivity contribution in [1.82, 2.24) is 19.6 Å². The molecule has 2 aliphatic heterocycles. The zero-order chi connectivity index (χ0) is 30.8. The molecular weight excluding hydrogens is 581 g/mol. The van der Waals surface area contributed by atoms with E-state index < -0.39 is 5.25 Å². The number of halogens is 1. The van der Waals surface area contributed by atoms with E-state index in [0.717, 1.165) is 5.56 Å². The number of aromatic nitrogens is 2. The highest BCUT2D eigenvalue weighted by Crippen LogP contribution is 2.49. The number of hydrogen-bond acceptors (Lipinski definition) is 6. The van der Waals surface area contributed by atoms with Crippen molar-refractivity contribution in [3.63, 3.8) is 0 Å². The van der Waals surface area contributed by atoms with Crippen LogP contribution in [-0.4, -0.2) is 82.9 Å². The van der Waals surface area contributed by atoms with Gasteiger partial charge in [-0.25, -0.2) is 9.07 Å². The summed E-state index contributed by atoms with van der Waals surface area (Å²) in [6.07, 6.45) is 0. The summed E-state index contributed by atoms with van der Waals surface area (Å²) in [5.41, 5.74) is 3.15. The van der Waals surface area contributed by atoms with Crippen molar-refractivity contribution in [2.45, 2.75) is 12.2 Å². The van der Waals surface area contributed by atoms with E-state index in [0.29, 0.717) is 60.3 Å². The lowest BCUT2D eigenvalue weighted by Crippen LogP contribution is -2.53. The van der Waals surface area contributed by atoms with E-state index in [1.54, 1.807) is 51.9 Å². The second-order valence-corrected chi connectivity index (χ2v) is 11.7. The van der Waals surface area contributed by atoms with E-state index >= 15 is 4.39 Å². The third-order valence-corrected chi connectivity index (χ3v) is 9.25. The summed E-state index contributed by atoms with van der Waals surface area (Å²) in [5, 5.41) is 4.47. The highest BCUT2D eigenvalue weighted by Gasteiger charge is 2.39. The van der Waals surface area contributed by atoms with Crippen LogP contribution in [0.15, 0.2) is 78.9 Å². The zero-order valence-corrected chi connectivity index (χ0v) is 25.3. The Morgan fingerprint density at radius 2 is 1.59 bits per heavy atom. The van der Waals surface area contributed by atoms with Gasteiger partial charge in [-0.3, -0.25) is 19.3 Å². The predicted molar refractivity (Wildman–Crippen MR) is 167 cm³/mol. The van der Waals surface area contributed by atoms with Crippen LogP contribution < -0.4 is 9.64 Å². The van der Waals surface area contributed by atoms with Crippen molar-refractivity contribution in [3.8, 4) is 22.7 Å². The number of fused-ring (bicyclic) bond motifs is 1. The van der Waals surface area contributed by atoms with E-state index in [9.17, 15) is 14.4 Å². The first-order valence-corrected chi connectivity index (χ1v) is 15.4. The lowest BCUT2D eigenvalue weighted by Gasteiger charge is -2.35. The maximum atomic E-state index is 15.4. The molecule has 0 bridgehead atoms. The van der Waals surface area contributed by atoms with Crippen molar-refractivity contribution < 1.29 is 23.5 Å². The number of carbonyl (C=O) groups is 3. The van der Waals surface area contributed by atoms with E-state index in [1.165, 1.54) is 29.7 Å². The fraction of sp³-hybridized carbons (Fsp3) is 0.273. The van der Waals surface area contributed by atoms with Crippen LogP contribution in [0.4, 0.5) is 10.2 Å². The summed E-state index contributed by atoms with van der Waals surface area (Å²) >= 11 is 1.32. The number of benzene rings is 3. The van der Waals surface area contributed by atoms with Gasteiger partial charge in [-0.2, -0.15) is 5.10 Å². The summed E-state index contributed by atoms with van der Waals surface area (Å²) in [4.78, 5) is 44.4. The number of hydrogen-bond donors (Lipinski definition) is 0. The molecule has 44 heavy (non-hydrogen) atoms. The Kier molecular flexibility index (Phi) is 8.38. The average Bonchev–Trinajstić information content (AvgIpc) is 3.38. The van der Waals surface area contributed by atoms with Crippen molar-refractivity contribution in [3.05, 3.63) is 95.8 Å². The average molecular weight is 614 g/mol. The predicted octanol–water partition coefficient (Wildman–Crippen LogP) is 4.55. The minimum absolute atomic E-state index is 0.0301. The van der Waals surface area contributed by atoms with E-state index in [2.05, 4.69) is 0 Å². The summed E-state index contributed by atoms with van der Waals surface area (Å²) in [6.45, 7) is 2.94. The largest absolute Gasteiger partial charge is 0.497 e. The molecule has 226 valence electrons. The monoisotopic (exact) mass is 613 g/mol. The van der Waals surface area contributed by atoms with Gasteiger partial charge in [-0.15, -0.1) is 11.8 Å². The molecule has 1 aromatic heterocycles. The van der Waals surface area contributed by atoms with Crippen LogP contribution in [0.5, 0.6) is 5.75 Å². The van der Waals surface area contributed by atoms with Crippen molar-refractivity contribution >= 4 is 35.3 Å². The van der Waals surface area contributed by atoms with Gasteiger partial charge in [-0.05, 0) is 30.3 Å². The molecule has 4 aromatic rings. The maximum Gasteiger partial charge on any atom is 0.242 e. The van der Waals surface area contributed by atoms with Crippen LogP contribution in [0.2, 0.25) is 0 Å². The Bertz CT molecular complexity index is 1690. The molecule has 3 heterocycles. The van der Waals surface area contributed by atoms with Crippen LogP contribution >= 0.6 is 11.8 Å². The maximum absolute atomic E-state index is 15.4. The molecule has 1 fully saturated rings. The van der Waals surface area contributed by atoms with Gasteiger partial charge in [-0.1, -0.05) is 48.5 Å². The smallest absolute Gasteiger partial charge is 0.242 e. The minimum Gasteiger partial charge on any atom is -0.497 e. The fourth-order valence-electron chi connectivity index (χ4n) is 5.67. The molecule has 2 aliphatic rings. The third kappa shape index (κ3) is 5.67. The number of rotatable bonds is 6.